The Morgan fingerprint density at radius 3 is 2.32 bits per heavy atom. The number of nitrogens with zero attached hydrogens (tertiary/aromatic N) is 4. The molecule has 1 aromatic carbocycles. The molecule has 3 fully saturated rings. The fourth-order valence-electron chi connectivity index (χ4n) is 4.87. The molecular formula is C22H36IN5. The average molecular weight is 497 g/mol. The molecule has 0 aromatic heterocycles. The number of likely N-dealkylation sites (tertiary alicyclic amines) is 1. The van der Waals surface area contributed by atoms with Crippen molar-refractivity contribution in [1.29, 1.82) is 0 Å². The third-order valence-electron chi connectivity index (χ3n) is 6.79. The molecule has 2 heterocycles. The third kappa shape index (κ3) is 5.39. The molecule has 2 saturated heterocycles. The largest absolute Gasteiger partial charge is 0.355 e. The summed E-state index contributed by atoms with van der Waals surface area (Å²) in [6.07, 6.45) is 5.63. The van der Waals surface area contributed by atoms with E-state index in [1.165, 1.54) is 57.4 Å². The number of guanidine groups is 1. The van der Waals surface area contributed by atoms with Gasteiger partial charge in [-0.1, -0.05) is 36.8 Å². The molecule has 4 rings (SSSR count). The predicted molar refractivity (Wildman–Crippen MR) is 127 cm³/mol. The second-order valence-electron chi connectivity index (χ2n) is 8.60. The fourth-order valence-corrected chi connectivity index (χ4v) is 4.87. The minimum Gasteiger partial charge on any atom is -0.355 e. The number of nitrogens with one attached hydrogen (secondary N) is 1. The molecule has 0 unspecified atom stereocenters. The molecule has 6 heteroatoms. The second kappa shape index (κ2) is 10.3. The normalized spacial score (nSPS) is 22.8. The molecule has 1 aromatic rings. The number of hydrogen-bond donors (Lipinski definition) is 1. The molecule has 0 bridgehead atoms. The van der Waals surface area contributed by atoms with Crippen LogP contribution in [-0.2, 0) is 6.54 Å². The number of aliphatic imine (C=N–C) groups is 1. The van der Waals surface area contributed by atoms with E-state index in [-0.39, 0.29) is 24.0 Å². The highest BCUT2D eigenvalue weighted by molar-refractivity contribution is 14.0. The minimum atomic E-state index is 0. The van der Waals surface area contributed by atoms with Crippen LogP contribution in [0.15, 0.2) is 35.3 Å². The van der Waals surface area contributed by atoms with E-state index in [0.29, 0.717) is 5.41 Å². The summed E-state index contributed by atoms with van der Waals surface area (Å²) in [5.41, 5.74) is 2.05. The summed E-state index contributed by atoms with van der Waals surface area (Å²) in [7, 11) is 1.93. The van der Waals surface area contributed by atoms with Crippen LogP contribution in [0.2, 0.25) is 0 Å². The second-order valence-corrected chi connectivity index (χ2v) is 8.60. The van der Waals surface area contributed by atoms with Gasteiger partial charge in [0.1, 0.15) is 0 Å². The van der Waals surface area contributed by atoms with Gasteiger partial charge in [-0.2, -0.15) is 0 Å². The lowest BCUT2D eigenvalue weighted by atomic mass is 9.68. The lowest BCUT2D eigenvalue weighted by Gasteiger charge is -2.38. The Morgan fingerprint density at radius 1 is 1.00 bits per heavy atom. The molecule has 1 N–H and O–H groups in total. The Kier molecular flexibility index (Phi) is 8.00. The lowest BCUT2D eigenvalue weighted by molar-refractivity contribution is 0.128. The van der Waals surface area contributed by atoms with Crippen LogP contribution in [0, 0.1) is 5.41 Å². The van der Waals surface area contributed by atoms with Crippen LogP contribution in [0.1, 0.15) is 31.2 Å². The van der Waals surface area contributed by atoms with Gasteiger partial charge < -0.3 is 10.2 Å². The molecule has 1 aliphatic carbocycles. The van der Waals surface area contributed by atoms with E-state index in [9.17, 15) is 0 Å². The zero-order valence-corrected chi connectivity index (χ0v) is 19.6. The minimum absolute atomic E-state index is 0. The van der Waals surface area contributed by atoms with E-state index in [1.54, 1.807) is 0 Å². The van der Waals surface area contributed by atoms with E-state index >= 15 is 0 Å². The third-order valence-corrected chi connectivity index (χ3v) is 6.79. The lowest BCUT2D eigenvalue weighted by Crippen LogP contribution is -2.49. The summed E-state index contributed by atoms with van der Waals surface area (Å²) in [6, 6.07) is 10.8. The van der Waals surface area contributed by atoms with Gasteiger partial charge in [0, 0.05) is 66.0 Å². The van der Waals surface area contributed by atoms with Crippen LogP contribution < -0.4 is 5.32 Å². The van der Waals surface area contributed by atoms with Crippen molar-refractivity contribution in [3.63, 3.8) is 0 Å². The highest BCUT2D eigenvalue weighted by Crippen LogP contribution is 2.47. The van der Waals surface area contributed by atoms with Crippen molar-refractivity contribution < 1.29 is 0 Å². The predicted octanol–water partition coefficient (Wildman–Crippen LogP) is 2.87. The summed E-state index contributed by atoms with van der Waals surface area (Å²) in [4.78, 5) is 12.2. The maximum Gasteiger partial charge on any atom is 0.193 e. The summed E-state index contributed by atoms with van der Waals surface area (Å²) in [5.74, 6) is 1.11. The number of hydrogen-bond acceptors (Lipinski definition) is 3. The van der Waals surface area contributed by atoms with Crippen LogP contribution in [0.5, 0.6) is 0 Å². The number of piperazine rings is 1. The van der Waals surface area contributed by atoms with Crippen molar-refractivity contribution in [1.82, 2.24) is 20.0 Å². The summed E-state index contributed by atoms with van der Waals surface area (Å²) in [6.45, 7) is 10.2. The van der Waals surface area contributed by atoms with Crippen molar-refractivity contribution in [3.05, 3.63) is 35.9 Å². The van der Waals surface area contributed by atoms with E-state index in [2.05, 4.69) is 55.3 Å². The first kappa shape index (κ1) is 21.8. The van der Waals surface area contributed by atoms with Crippen LogP contribution in [0.25, 0.3) is 0 Å². The molecule has 0 radical (unpaired) electrons. The fraction of sp³-hybridized carbons (Fsp3) is 0.682. The van der Waals surface area contributed by atoms with Crippen LogP contribution in [0.4, 0.5) is 0 Å². The highest BCUT2D eigenvalue weighted by Gasteiger charge is 2.43. The quantitative estimate of drug-likeness (QED) is 0.386. The highest BCUT2D eigenvalue weighted by atomic mass is 127. The van der Waals surface area contributed by atoms with Gasteiger partial charge >= 0.3 is 0 Å². The average Bonchev–Trinajstić information content (AvgIpc) is 3.14. The Labute approximate surface area is 187 Å². The standard InChI is InChI=1S/C22H35N5.HI/c1-23-21(27-12-10-22(19-27)8-5-9-22)24-11-13-25-14-16-26(17-15-25)18-20-6-3-2-4-7-20;/h2-4,6-7H,5,8-19H2,1H3,(H,23,24);1H. The maximum atomic E-state index is 4.54. The summed E-state index contributed by atoms with van der Waals surface area (Å²) >= 11 is 0. The van der Waals surface area contributed by atoms with E-state index in [4.69, 9.17) is 0 Å². The van der Waals surface area contributed by atoms with Crippen LogP contribution in [0.3, 0.4) is 0 Å². The molecular weight excluding hydrogens is 461 g/mol. The first-order valence-electron chi connectivity index (χ1n) is 10.7. The Morgan fingerprint density at radius 2 is 1.71 bits per heavy atom. The van der Waals surface area contributed by atoms with Crippen molar-refractivity contribution in [2.45, 2.75) is 32.2 Å². The molecule has 0 amide bonds. The summed E-state index contributed by atoms with van der Waals surface area (Å²) < 4.78 is 0. The van der Waals surface area contributed by atoms with Crippen molar-refractivity contribution in [2.75, 3.05) is 59.4 Å². The Bertz CT molecular complexity index is 623. The number of halogens is 1. The van der Waals surface area contributed by atoms with Gasteiger partial charge in [0.15, 0.2) is 5.96 Å². The molecule has 1 saturated carbocycles. The van der Waals surface area contributed by atoms with Gasteiger partial charge in [-0.05, 0) is 30.2 Å². The summed E-state index contributed by atoms with van der Waals surface area (Å²) in [5, 5.41) is 3.62. The van der Waals surface area contributed by atoms with Crippen LogP contribution in [-0.4, -0.2) is 80.1 Å². The Balaban J connectivity index is 0.00000225. The van der Waals surface area contributed by atoms with E-state index < -0.39 is 0 Å². The van der Waals surface area contributed by atoms with Gasteiger partial charge in [0.05, 0.1) is 0 Å². The van der Waals surface area contributed by atoms with Gasteiger partial charge in [-0.15, -0.1) is 24.0 Å². The first-order valence-corrected chi connectivity index (χ1v) is 10.7. The topological polar surface area (TPSA) is 34.1 Å². The molecule has 156 valence electrons. The van der Waals surface area contributed by atoms with Gasteiger partial charge in [0.2, 0.25) is 0 Å². The zero-order chi connectivity index (χ0) is 18.5. The zero-order valence-electron chi connectivity index (χ0n) is 17.3. The van der Waals surface area contributed by atoms with Gasteiger partial charge in [-0.3, -0.25) is 14.8 Å². The van der Waals surface area contributed by atoms with Gasteiger partial charge in [-0.25, -0.2) is 0 Å². The van der Waals surface area contributed by atoms with Crippen molar-refractivity contribution >= 4 is 29.9 Å². The molecule has 3 aliphatic rings. The van der Waals surface area contributed by atoms with E-state index in [0.717, 1.165) is 38.7 Å². The number of rotatable bonds is 5. The molecule has 2 aliphatic heterocycles. The van der Waals surface area contributed by atoms with Crippen molar-refractivity contribution in [3.8, 4) is 0 Å². The number of benzene rings is 1. The van der Waals surface area contributed by atoms with Gasteiger partial charge in [0.25, 0.3) is 0 Å². The monoisotopic (exact) mass is 497 g/mol. The van der Waals surface area contributed by atoms with Crippen molar-refractivity contribution in [2.24, 2.45) is 10.4 Å². The molecule has 1 spiro atoms. The molecule has 28 heavy (non-hydrogen) atoms. The Hall–Kier alpha value is -0.860. The maximum absolute atomic E-state index is 4.54. The molecule has 0 atom stereocenters. The SMILES string of the molecule is CN=C(NCCN1CCN(Cc2ccccc2)CC1)N1CCC2(CCC2)C1.I. The van der Waals surface area contributed by atoms with E-state index in [1.807, 2.05) is 7.05 Å². The smallest absolute Gasteiger partial charge is 0.193 e. The van der Waals surface area contributed by atoms with Crippen LogP contribution >= 0.6 is 24.0 Å². The molecule has 5 nitrogen and oxygen atoms in total. The first-order chi connectivity index (χ1) is 13.3.